The number of nitrogens with two attached hydrogens (primary N) is 3. The maximum absolute atomic E-state index is 12.6. The fraction of sp³-hybridized carbons (Fsp3) is 0.647. The maximum Gasteiger partial charge on any atom is 0.244 e. The average molecular weight is 415 g/mol. The molecule has 4 amide bonds. The van der Waals surface area contributed by atoms with Crippen molar-refractivity contribution >= 4 is 35.4 Å². The minimum atomic E-state index is -0.974. The van der Waals surface area contributed by atoms with Crippen LogP contribution in [0.15, 0.2) is 0 Å². The van der Waals surface area contributed by atoms with Crippen molar-refractivity contribution in [3.05, 3.63) is 0 Å². The maximum atomic E-state index is 12.6. The summed E-state index contributed by atoms with van der Waals surface area (Å²) in [5, 5.41) is 9.87. The highest BCUT2D eigenvalue weighted by molar-refractivity contribution is 8.03. The predicted molar refractivity (Wildman–Crippen MR) is 109 cm³/mol. The summed E-state index contributed by atoms with van der Waals surface area (Å²) in [6.07, 6.45) is 6.74. The molecule has 0 aromatic rings. The Kier molecular flexibility index (Phi) is 12.7. The van der Waals surface area contributed by atoms with Crippen LogP contribution in [0.3, 0.4) is 0 Å². The van der Waals surface area contributed by atoms with Gasteiger partial charge in [-0.2, -0.15) is 0 Å². The van der Waals surface area contributed by atoms with Crippen molar-refractivity contribution in [1.82, 2.24) is 16.0 Å². The van der Waals surface area contributed by atoms with Gasteiger partial charge in [0.1, 0.15) is 18.1 Å². The molecular formula is C17H30N6O4S. The minimum Gasteiger partial charge on any atom is -0.368 e. The lowest BCUT2D eigenvalue weighted by Gasteiger charge is -2.24. The Labute approximate surface area is 169 Å². The third-order valence-electron chi connectivity index (χ3n) is 3.75. The van der Waals surface area contributed by atoms with Crippen LogP contribution in [0.1, 0.15) is 33.1 Å². The molecule has 0 saturated heterocycles. The Hall–Kier alpha value is -2.29. The highest BCUT2D eigenvalue weighted by atomic mass is 32.2. The Bertz CT molecular complexity index is 593. The number of thioether (sulfide) groups is 1. The number of hydrogen-bond acceptors (Lipinski definition) is 7. The van der Waals surface area contributed by atoms with Crippen molar-refractivity contribution in [2.75, 3.05) is 12.3 Å². The summed E-state index contributed by atoms with van der Waals surface area (Å²) < 4.78 is 0. The Balaban J connectivity index is 5.21. The fourth-order valence-corrected chi connectivity index (χ4v) is 2.53. The molecule has 0 radical (unpaired) electrons. The Morgan fingerprint density at radius 3 is 2.07 bits per heavy atom. The first-order chi connectivity index (χ1) is 13.1. The lowest BCUT2D eigenvalue weighted by atomic mass is 10.1. The first-order valence-electron chi connectivity index (χ1n) is 8.87. The van der Waals surface area contributed by atoms with Crippen LogP contribution in [0.25, 0.3) is 0 Å². The van der Waals surface area contributed by atoms with Gasteiger partial charge in [0.15, 0.2) is 0 Å². The van der Waals surface area contributed by atoms with Crippen LogP contribution in [-0.2, 0) is 19.2 Å². The van der Waals surface area contributed by atoms with Crippen LogP contribution in [-0.4, -0.2) is 60.1 Å². The fourth-order valence-electron chi connectivity index (χ4n) is 2.04. The van der Waals surface area contributed by atoms with E-state index in [4.69, 9.17) is 23.6 Å². The zero-order valence-corrected chi connectivity index (χ0v) is 17.0. The van der Waals surface area contributed by atoms with E-state index in [0.717, 1.165) is 11.8 Å². The molecule has 0 aliphatic carbocycles. The number of terminal acetylenes is 1. The molecule has 0 saturated carbocycles. The van der Waals surface area contributed by atoms with E-state index in [9.17, 15) is 19.2 Å². The second-order valence-electron chi connectivity index (χ2n) is 6.26. The van der Waals surface area contributed by atoms with E-state index in [1.54, 1.807) is 0 Å². The smallest absolute Gasteiger partial charge is 0.244 e. The second-order valence-corrected chi connectivity index (χ2v) is 7.11. The molecule has 0 heterocycles. The number of carbonyl (C=O) groups is 4. The van der Waals surface area contributed by atoms with Gasteiger partial charge in [-0.1, -0.05) is 11.8 Å². The normalized spacial score (nSPS) is 14.7. The minimum absolute atomic E-state index is 0.107. The van der Waals surface area contributed by atoms with E-state index < -0.39 is 47.8 Å². The van der Waals surface area contributed by atoms with Gasteiger partial charge in [0.25, 0.3) is 0 Å². The number of nitrogens with one attached hydrogen (secondary N) is 3. The van der Waals surface area contributed by atoms with Gasteiger partial charge >= 0.3 is 0 Å². The molecule has 0 rings (SSSR count). The number of carbonyl (C=O) groups excluding carboxylic acids is 4. The van der Waals surface area contributed by atoms with Crippen molar-refractivity contribution in [1.29, 1.82) is 0 Å². The van der Waals surface area contributed by atoms with Gasteiger partial charge in [-0.15, -0.1) is 6.42 Å². The van der Waals surface area contributed by atoms with E-state index in [2.05, 4.69) is 21.2 Å². The molecular weight excluding hydrogens is 384 g/mol. The molecule has 10 nitrogen and oxygen atoms in total. The van der Waals surface area contributed by atoms with Gasteiger partial charge in [0, 0.05) is 5.75 Å². The third kappa shape index (κ3) is 10.1. The van der Waals surface area contributed by atoms with E-state index >= 15 is 0 Å². The number of hydrogen-bond donors (Lipinski definition) is 6. The summed E-state index contributed by atoms with van der Waals surface area (Å²) in [7, 11) is 0. The van der Waals surface area contributed by atoms with Crippen molar-refractivity contribution < 1.29 is 19.2 Å². The summed E-state index contributed by atoms with van der Waals surface area (Å²) >= 11 is 1.00. The number of primary amides is 1. The van der Waals surface area contributed by atoms with Crippen LogP contribution < -0.4 is 33.2 Å². The number of amides is 4. The molecule has 0 aromatic heterocycles. The van der Waals surface area contributed by atoms with Crippen molar-refractivity contribution in [3.63, 3.8) is 0 Å². The largest absolute Gasteiger partial charge is 0.368 e. The van der Waals surface area contributed by atoms with Gasteiger partial charge in [-0.05, 0) is 44.9 Å². The van der Waals surface area contributed by atoms with Crippen molar-refractivity contribution in [3.8, 4) is 11.7 Å². The zero-order chi connectivity index (χ0) is 21.7. The van der Waals surface area contributed by atoms with Crippen LogP contribution in [0, 0.1) is 11.7 Å². The Morgan fingerprint density at radius 1 is 1.00 bits per heavy atom. The predicted octanol–water partition coefficient (Wildman–Crippen LogP) is -2.25. The Morgan fingerprint density at radius 2 is 1.57 bits per heavy atom. The molecule has 0 aliphatic rings. The highest BCUT2D eigenvalue weighted by Crippen LogP contribution is 2.05. The quantitative estimate of drug-likeness (QED) is 0.145. The molecule has 0 aliphatic heterocycles. The molecule has 0 bridgehead atoms. The summed E-state index contributed by atoms with van der Waals surface area (Å²) in [4.78, 5) is 48.1. The molecule has 28 heavy (non-hydrogen) atoms. The second kappa shape index (κ2) is 13.8. The van der Waals surface area contributed by atoms with Crippen LogP contribution in [0.5, 0.6) is 0 Å². The molecule has 9 N–H and O–H groups in total. The lowest BCUT2D eigenvalue weighted by Crippen LogP contribution is -2.57. The van der Waals surface area contributed by atoms with Crippen LogP contribution in [0.4, 0.5) is 0 Å². The molecule has 0 aromatic carbocycles. The van der Waals surface area contributed by atoms with Gasteiger partial charge in [-0.3, -0.25) is 19.2 Å². The molecule has 0 unspecified atom stereocenters. The lowest BCUT2D eigenvalue weighted by molar-refractivity contribution is -0.133. The van der Waals surface area contributed by atoms with Gasteiger partial charge in [-0.25, -0.2) is 0 Å². The van der Waals surface area contributed by atoms with Crippen molar-refractivity contribution in [2.24, 2.45) is 17.2 Å². The molecule has 0 spiro atoms. The topological polar surface area (TPSA) is 182 Å². The first kappa shape index (κ1) is 25.7. The highest BCUT2D eigenvalue weighted by Gasteiger charge is 2.28. The summed E-state index contributed by atoms with van der Waals surface area (Å²) in [5.41, 5.74) is 16.1. The molecule has 158 valence electrons. The van der Waals surface area contributed by atoms with Gasteiger partial charge < -0.3 is 33.2 Å². The molecule has 11 heteroatoms. The average Bonchev–Trinajstić information content (AvgIpc) is 2.63. The monoisotopic (exact) mass is 414 g/mol. The SMILES string of the molecule is C#CSC[C@H](NC(=O)[C@H](C)N)C(=O)N[C@@H](CCCCN)C(=O)N[C@@H](C)C(N)=O. The zero-order valence-electron chi connectivity index (χ0n) is 16.2. The van der Waals surface area contributed by atoms with E-state index in [0.29, 0.717) is 25.8 Å². The summed E-state index contributed by atoms with van der Waals surface area (Å²) in [6, 6.07) is -3.61. The van der Waals surface area contributed by atoms with Crippen LogP contribution in [0.2, 0.25) is 0 Å². The third-order valence-corrected chi connectivity index (χ3v) is 4.41. The van der Waals surface area contributed by atoms with Gasteiger partial charge in [0.05, 0.1) is 6.04 Å². The van der Waals surface area contributed by atoms with E-state index in [1.807, 2.05) is 0 Å². The van der Waals surface area contributed by atoms with Crippen molar-refractivity contribution in [2.45, 2.75) is 57.3 Å². The first-order valence-corrected chi connectivity index (χ1v) is 9.86. The summed E-state index contributed by atoms with van der Waals surface area (Å²) in [5.74, 6) is -2.26. The standard InChI is InChI=1S/C17H30N6O4S/c1-4-28-9-13(23-15(25)10(2)19)17(27)22-12(7-5-6-8-18)16(26)21-11(3)14(20)24/h1,10-13H,5-9,18-19H2,2-3H3,(H2,20,24)(H,21,26)(H,22,27)(H,23,25)/t10-,11-,12-,13-/m0/s1. The van der Waals surface area contributed by atoms with E-state index in [-0.39, 0.29) is 5.75 Å². The van der Waals surface area contributed by atoms with E-state index in [1.165, 1.54) is 13.8 Å². The van der Waals surface area contributed by atoms with Crippen LogP contribution >= 0.6 is 11.8 Å². The van der Waals surface area contributed by atoms with Gasteiger partial charge in [0.2, 0.25) is 23.6 Å². The molecule has 0 fully saturated rings. The number of rotatable bonds is 13. The number of unbranched alkanes of at least 4 members (excludes halogenated alkanes) is 1. The summed E-state index contributed by atoms with van der Waals surface area (Å²) in [6.45, 7) is 3.35. The molecule has 4 atom stereocenters.